The Labute approximate surface area is 140 Å². The van der Waals surface area contributed by atoms with Gasteiger partial charge in [0.1, 0.15) is 0 Å². The Balaban J connectivity index is 1.50. The molecular formula is C18H21NO5. The quantitative estimate of drug-likeness (QED) is 0.662. The topological polar surface area (TPSA) is 73.9 Å². The third-order valence-corrected chi connectivity index (χ3v) is 4.17. The van der Waals surface area contributed by atoms with Crippen LogP contribution >= 0.6 is 0 Å². The van der Waals surface area contributed by atoms with Gasteiger partial charge >= 0.3 is 5.97 Å². The van der Waals surface area contributed by atoms with Crippen molar-refractivity contribution in [3.8, 4) is 11.5 Å². The van der Waals surface area contributed by atoms with Crippen LogP contribution in [0.5, 0.6) is 11.5 Å². The maximum absolute atomic E-state index is 12.0. The largest absolute Gasteiger partial charge is 0.454 e. The lowest BCUT2D eigenvalue weighted by atomic mass is 10.2. The van der Waals surface area contributed by atoms with Crippen LogP contribution < -0.4 is 14.8 Å². The summed E-state index contributed by atoms with van der Waals surface area (Å²) < 4.78 is 15.7. The highest BCUT2D eigenvalue weighted by Crippen LogP contribution is 2.32. The molecule has 1 aliphatic heterocycles. The van der Waals surface area contributed by atoms with E-state index in [1.54, 1.807) is 25.1 Å². The first-order valence-electron chi connectivity index (χ1n) is 8.20. The van der Waals surface area contributed by atoms with Gasteiger partial charge in [0.2, 0.25) is 6.79 Å². The van der Waals surface area contributed by atoms with Crippen molar-refractivity contribution in [1.29, 1.82) is 0 Å². The Morgan fingerprint density at radius 2 is 2.00 bits per heavy atom. The van der Waals surface area contributed by atoms with E-state index in [-0.39, 0.29) is 18.7 Å². The van der Waals surface area contributed by atoms with E-state index in [0.29, 0.717) is 11.5 Å². The summed E-state index contributed by atoms with van der Waals surface area (Å²) in [5.41, 5.74) is 0.791. The fourth-order valence-corrected chi connectivity index (χ4v) is 2.84. The lowest BCUT2D eigenvalue weighted by Crippen LogP contribution is -2.40. The molecule has 0 bridgehead atoms. The first kappa shape index (κ1) is 16.4. The minimum Gasteiger partial charge on any atom is -0.454 e. The van der Waals surface area contributed by atoms with Gasteiger partial charge in [-0.05, 0) is 43.5 Å². The molecule has 3 rings (SSSR count). The van der Waals surface area contributed by atoms with Crippen molar-refractivity contribution < 1.29 is 23.8 Å². The molecule has 1 unspecified atom stereocenters. The molecule has 1 N–H and O–H groups in total. The number of esters is 1. The number of ether oxygens (including phenoxy) is 3. The summed E-state index contributed by atoms with van der Waals surface area (Å²) in [6.07, 6.45) is 6.38. The smallest absolute Gasteiger partial charge is 0.331 e. The van der Waals surface area contributed by atoms with E-state index in [1.165, 1.54) is 6.08 Å². The van der Waals surface area contributed by atoms with E-state index >= 15 is 0 Å². The standard InChI is InChI=1S/C18H21NO5/c1-12(18(21)19-14-4-2-3-5-14)24-17(20)9-7-13-6-8-15-16(10-13)23-11-22-15/h6-10,12,14H,2-5,11H2,1H3,(H,19,21). The van der Waals surface area contributed by atoms with Gasteiger partial charge in [-0.25, -0.2) is 4.79 Å². The Kier molecular flexibility index (Phi) is 5.03. The van der Waals surface area contributed by atoms with Crippen LogP contribution in [0.25, 0.3) is 6.08 Å². The summed E-state index contributed by atoms with van der Waals surface area (Å²) in [5, 5.41) is 2.92. The number of rotatable bonds is 5. The van der Waals surface area contributed by atoms with Crippen LogP contribution in [0.2, 0.25) is 0 Å². The number of amides is 1. The molecular weight excluding hydrogens is 310 g/mol. The van der Waals surface area contributed by atoms with Crippen LogP contribution in [0.4, 0.5) is 0 Å². The number of carbonyl (C=O) groups excluding carboxylic acids is 2. The highest BCUT2D eigenvalue weighted by molar-refractivity contribution is 5.90. The molecule has 6 nitrogen and oxygen atoms in total. The summed E-state index contributed by atoms with van der Waals surface area (Å²) in [6.45, 7) is 1.79. The third-order valence-electron chi connectivity index (χ3n) is 4.17. The zero-order valence-corrected chi connectivity index (χ0v) is 13.6. The molecule has 1 aromatic rings. The molecule has 24 heavy (non-hydrogen) atoms. The van der Waals surface area contributed by atoms with E-state index in [2.05, 4.69) is 5.32 Å². The number of fused-ring (bicyclic) bond motifs is 1. The average molecular weight is 331 g/mol. The second-order valence-electron chi connectivity index (χ2n) is 6.02. The fourth-order valence-electron chi connectivity index (χ4n) is 2.84. The van der Waals surface area contributed by atoms with Crippen molar-refractivity contribution in [3.05, 3.63) is 29.8 Å². The van der Waals surface area contributed by atoms with Crippen molar-refractivity contribution in [1.82, 2.24) is 5.32 Å². The van der Waals surface area contributed by atoms with E-state index < -0.39 is 12.1 Å². The maximum atomic E-state index is 12.0. The van der Waals surface area contributed by atoms with E-state index in [1.807, 2.05) is 6.07 Å². The lowest BCUT2D eigenvalue weighted by molar-refractivity contribution is -0.150. The zero-order chi connectivity index (χ0) is 16.9. The summed E-state index contributed by atoms with van der Waals surface area (Å²) in [7, 11) is 0. The number of nitrogens with one attached hydrogen (secondary N) is 1. The second kappa shape index (κ2) is 7.38. The highest BCUT2D eigenvalue weighted by atomic mass is 16.7. The summed E-state index contributed by atoms with van der Waals surface area (Å²) in [5.74, 6) is 0.537. The van der Waals surface area contributed by atoms with Gasteiger partial charge in [0.25, 0.3) is 5.91 Å². The monoisotopic (exact) mass is 331 g/mol. The van der Waals surface area contributed by atoms with Gasteiger partial charge in [0.05, 0.1) is 0 Å². The molecule has 0 aromatic heterocycles. The molecule has 1 saturated carbocycles. The number of carbonyl (C=O) groups is 2. The second-order valence-corrected chi connectivity index (χ2v) is 6.02. The van der Waals surface area contributed by atoms with Gasteiger partial charge in [-0.1, -0.05) is 18.9 Å². The first-order chi connectivity index (χ1) is 11.6. The molecule has 0 saturated heterocycles. The van der Waals surface area contributed by atoms with Crippen molar-refractivity contribution in [2.75, 3.05) is 6.79 Å². The van der Waals surface area contributed by atoms with Gasteiger partial charge in [-0.15, -0.1) is 0 Å². The van der Waals surface area contributed by atoms with Gasteiger partial charge in [-0.2, -0.15) is 0 Å². The number of hydrogen-bond donors (Lipinski definition) is 1. The molecule has 128 valence electrons. The van der Waals surface area contributed by atoms with E-state index in [9.17, 15) is 9.59 Å². The van der Waals surface area contributed by atoms with Crippen molar-refractivity contribution in [3.63, 3.8) is 0 Å². The van der Waals surface area contributed by atoms with E-state index in [0.717, 1.165) is 31.2 Å². The zero-order valence-electron chi connectivity index (χ0n) is 13.6. The maximum Gasteiger partial charge on any atom is 0.331 e. The summed E-state index contributed by atoms with van der Waals surface area (Å²) in [6, 6.07) is 5.59. The first-order valence-corrected chi connectivity index (χ1v) is 8.20. The predicted octanol–water partition coefficient (Wildman–Crippen LogP) is 2.42. The molecule has 1 aliphatic carbocycles. The molecule has 1 aromatic carbocycles. The molecule has 0 radical (unpaired) electrons. The average Bonchev–Trinajstić information content (AvgIpc) is 3.23. The highest BCUT2D eigenvalue weighted by Gasteiger charge is 2.22. The normalized spacial score (nSPS) is 17.9. The van der Waals surface area contributed by atoms with Gasteiger partial charge in [0.15, 0.2) is 17.6 Å². The van der Waals surface area contributed by atoms with E-state index in [4.69, 9.17) is 14.2 Å². The molecule has 0 spiro atoms. The van der Waals surface area contributed by atoms with Crippen LogP contribution in [0.15, 0.2) is 24.3 Å². The molecule has 1 amide bonds. The van der Waals surface area contributed by atoms with Crippen LogP contribution in [0, 0.1) is 0 Å². The Hall–Kier alpha value is -2.50. The Morgan fingerprint density at radius 3 is 2.79 bits per heavy atom. The minimum absolute atomic E-state index is 0.207. The molecule has 1 heterocycles. The van der Waals surface area contributed by atoms with Crippen LogP contribution in [0.1, 0.15) is 38.2 Å². The summed E-state index contributed by atoms with van der Waals surface area (Å²) in [4.78, 5) is 23.9. The summed E-state index contributed by atoms with van der Waals surface area (Å²) >= 11 is 0. The van der Waals surface area contributed by atoms with Crippen molar-refractivity contribution >= 4 is 18.0 Å². The van der Waals surface area contributed by atoms with Crippen LogP contribution in [-0.2, 0) is 14.3 Å². The fraction of sp³-hybridized carbons (Fsp3) is 0.444. The number of benzene rings is 1. The molecule has 1 fully saturated rings. The SMILES string of the molecule is CC(OC(=O)C=Cc1ccc2c(c1)OCO2)C(=O)NC1CCCC1. The van der Waals surface area contributed by atoms with Crippen molar-refractivity contribution in [2.24, 2.45) is 0 Å². The van der Waals surface area contributed by atoms with Crippen LogP contribution in [-0.4, -0.2) is 30.8 Å². The minimum atomic E-state index is -0.806. The molecule has 1 atom stereocenters. The predicted molar refractivity (Wildman–Crippen MR) is 87.6 cm³/mol. The van der Waals surface area contributed by atoms with Gasteiger partial charge < -0.3 is 19.5 Å². The number of hydrogen-bond acceptors (Lipinski definition) is 5. The molecule has 6 heteroatoms. The molecule has 2 aliphatic rings. The van der Waals surface area contributed by atoms with Gasteiger partial charge in [-0.3, -0.25) is 4.79 Å². The third kappa shape index (κ3) is 4.07. The van der Waals surface area contributed by atoms with Crippen LogP contribution in [0.3, 0.4) is 0 Å². The van der Waals surface area contributed by atoms with Gasteiger partial charge in [0, 0.05) is 12.1 Å². The lowest BCUT2D eigenvalue weighted by Gasteiger charge is -2.16. The Morgan fingerprint density at radius 1 is 1.25 bits per heavy atom. The van der Waals surface area contributed by atoms with Crippen molar-refractivity contribution in [2.45, 2.75) is 44.8 Å². The Bertz CT molecular complexity index is 649.